The van der Waals surface area contributed by atoms with Gasteiger partial charge in [-0.15, -0.1) is 5.10 Å². The summed E-state index contributed by atoms with van der Waals surface area (Å²) in [4.78, 5) is 0. The first-order valence-electron chi connectivity index (χ1n) is 6.07. The Kier molecular flexibility index (Phi) is 6.18. The second-order valence-corrected chi connectivity index (χ2v) is 5.79. The molecule has 0 saturated heterocycles. The fourth-order valence-corrected chi connectivity index (χ4v) is 2.29. The second kappa shape index (κ2) is 7.18. The number of hydrogen-bond donors (Lipinski definition) is 1. The predicted molar refractivity (Wildman–Crippen MR) is 71.8 cm³/mol. The molecule has 0 aromatic carbocycles. The molecular formula is C11H22N4O3S. The fraction of sp³-hybridized carbons (Fsp3) is 0.909. The molecule has 0 radical (unpaired) electrons. The van der Waals surface area contributed by atoms with E-state index in [9.17, 15) is 5.11 Å². The van der Waals surface area contributed by atoms with Crippen molar-refractivity contribution in [3.05, 3.63) is 0 Å². The molecule has 1 N–H and O–H groups in total. The van der Waals surface area contributed by atoms with Gasteiger partial charge in [-0.25, -0.2) is 4.68 Å². The first-order chi connectivity index (χ1) is 8.90. The average molecular weight is 290 g/mol. The number of aromatic nitrogens is 4. The van der Waals surface area contributed by atoms with E-state index < -0.39 is 11.9 Å². The summed E-state index contributed by atoms with van der Waals surface area (Å²) in [5.41, 5.74) is -0.761. The molecule has 1 aromatic heterocycles. The summed E-state index contributed by atoms with van der Waals surface area (Å²) in [7, 11) is 3.13. The number of nitrogens with zero attached hydrogens (tertiary/aromatic N) is 4. The third-order valence-electron chi connectivity index (χ3n) is 3.08. The lowest BCUT2D eigenvalue weighted by Gasteiger charge is -2.26. The number of tetrazole rings is 1. The summed E-state index contributed by atoms with van der Waals surface area (Å²) in [5, 5.41) is 22.3. The van der Waals surface area contributed by atoms with Crippen molar-refractivity contribution in [1.29, 1.82) is 0 Å². The van der Waals surface area contributed by atoms with Crippen molar-refractivity contribution < 1.29 is 14.6 Å². The van der Waals surface area contributed by atoms with Crippen LogP contribution in [0.15, 0.2) is 5.16 Å². The molecule has 7 nitrogen and oxygen atoms in total. The highest BCUT2D eigenvalue weighted by atomic mass is 32.2. The first-order valence-corrected chi connectivity index (χ1v) is 7.06. The summed E-state index contributed by atoms with van der Waals surface area (Å²) in [6.45, 7) is 6.18. The van der Waals surface area contributed by atoms with Gasteiger partial charge in [-0.2, -0.15) is 0 Å². The zero-order chi connectivity index (χ0) is 14.5. The molecular weight excluding hydrogens is 268 g/mol. The van der Waals surface area contributed by atoms with Gasteiger partial charge in [0.05, 0.1) is 12.1 Å². The lowest BCUT2D eigenvalue weighted by atomic mass is 9.95. The highest BCUT2D eigenvalue weighted by Crippen LogP contribution is 2.25. The van der Waals surface area contributed by atoms with Crippen LogP contribution in [0, 0.1) is 5.92 Å². The number of rotatable bonds is 8. The molecule has 0 aliphatic carbocycles. The van der Waals surface area contributed by atoms with E-state index in [1.807, 2.05) is 20.8 Å². The van der Waals surface area contributed by atoms with Crippen LogP contribution in [0.2, 0.25) is 0 Å². The molecule has 1 aromatic rings. The Morgan fingerprint density at radius 3 is 2.53 bits per heavy atom. The van der Waals surface area contributed by atoms with E-state index in [4.69, 9.17) is 9.47 Å². The molecule has 0 aliphatic rings. The molecule has 110 valence electrons. The predicted octanol–water partition coefficient (Wildman–Crippen LogP) is 0.791. The molecule has 8 heteroatoms. The summed E-state index contributed by atoms with van der Waals surface area (Å²) in [6.07, 6.45) is -0.395. The van der Waals surface area contributed by atoms with Gasteiger partial charge in [0.15, 0.2) is 6.29 Å². The minimum atomic E-state index is -0.761. The van der Waals surface area contributed by atoms with Gasteiger partial charge in [-0.3, -0.25) is 0 Å². The monoisotopic (exact) mass is 290 g/mol. The molecule has 0 saturated carbocycles. The number of methoxy groups -OCH3 is 2. The second-order valence-electron chi connectivity index (χ2n) is 4.85. The average Bonchev–Trinajstić information content (AvgIpc) is 2.80. The molecule has 0 spiro atoms. The van der Waals surface area contributed by atoms with Gasteiger partial charge in [0, 0.05) is 20.0 Å². The zero-order valence-corrected chi connectivity index (χ0v) is 12.8. The van der Waals surface area contributed by atoms with E-state index in [-0.39, 0.29) is 5.92 Å². The maximum absolute atomic E-state index is 10.2. The van der Waals surface area contributed by atoms with Crippen molar-refractivity contribution in [2.45, 2.75) is 44.4 Å². The molecule has 19 heavy (non-hydrogen) atoms. The van der Waals surface area contributed by atoms with Gasteiger partial charge in [-0.05, 0) is 23.3 Å². The van der Waals surface area contributed by atoms with Crippen LogP contribution in [0.5, 0.6) is 0 Å². The zero-order valence-electron chi connectivity index (χ0n) is 12.0. The van der Waals surface area contributed by atoms with Crippen LogP contribution in [0.25, 0.3) is 0 Å². The van der Waals surface area contributed by atoms with Crippen LogP contribution >= 0.6 is 11.8 Å². The standard InChI is InChI=1S/C11H22N4O3S/c1-8(2)11(3,16)7-19-10-12-13-14-15(10)6-9(17-4)18-5/h8-9,16H,6-7H2,1-5H3. The van der Waals surface area contributed by atoms with Crippen molar-refractivity contribution >= 4 is 11.8 Å². The highest BCUT2D eigenvalue weighted by Gasteiger charge is 2.26. The Bertz CT molecular complexity index is 380. The quantitative estimate of drug-likeness (QED) is 0.560. The largest absolute Gasteiger partial charge is 0.389 e. The Morgan fingerprint density at radius 2 is 2.00 bits per heavy atom. The minimum Gasteiger partial charge on any atom is -0.389 e. The lowest BCUT2D eigenvalue weighted by molar-refractivity contribution is -0.113. The normalized spacial score (nSPS) is 15.2. The van der Waals surface area contributed by atoms with E-state index in [2.05, 4.69) is 15.5 Å². The molecule has 0 bridgehead atoms. The Hall–Kier alpha value is -0.700. The van der Waals surface area contributed by atoms with Gasteiger partial charge in [-0.1, -0.05) is 25.6 Å². The van der Waals surface area contributed by atoms with E-state index in [0.29, 0.717) is 17.5 Å². The van der Waals surface area contributed by atoms with Gasteiger partial charge in [0.1, 0.15) is 0 Å². The van der Waals surface area contributed by atoms with E-state index in [1.54, 1.807) is 18.9 Å². The van der Waals surface area contributed by atoms with Crippen LogP contribution in [-0.4, -0.2) is 57.2 Å². The third-order valence-corrected chi connectivity index (χ3v) is 4.36. The summed E-state index contributed by atoms with van der Waals surface area (Å²) < 4.78 is 11.8. The molecule has 1 heterocycles. The van der Waals surface area contributed by atoms with Crippen LogP contribution in [-0.2, 0) is 16.0 Å². The number of thioether (sulfide) groups is 1. The molecule has 0 fully saturated rings. The van der Waals surface area contributed by atoms with Gasteiger partial charge in [0.25, 0.3) is 0 Å². The van der Waals surface area contributed by atoms with E-state index in [1.165, 1.54) is 11.8 Å². The Labute approximate surface area is 117 Å². The summed E-state index contributed by atoms with van der Waals surface area (Å²) in [6, 6.07) is 0. The first kappa shape index (κ1) is 16.4. The summed E-state index contributed by atoms with van der Waals surface area (Å²) >= 11 is 1.42. The third kappa shape index (κ3) is 4.72. The number of aliphatic hydroxyl groups is 1. The fourth-order valence-electron chi connectivity index (χ4n) is 1.18. The van der Waals surface area contributed by atoms with Crippen molar-refractivity contribution in [3.63, 3.8) is 0 Å². The summed E-state index contributed by atoms with van der Waals surface area (Å²) in [5.74, 6) is 0.686. The lowest BCUT2D eigenvalue weighted by Crippen LogP contribution is -2.34. The Morgan fingerprint density at radius 1 is 1.37 bits per heavy atom. The van der Waals surface area contributed by atoms with Crippen molar-refractivity contribution in [3.8, 4) is 0 Å². The Balaban J connectivity index is 2.63. The molecule has 1 rings (SSSR count). The van der Waals surface area contributed by atoms with Crippen LogP contribution < -0.4 is 0 Å². The van der Waals surface area contributed by atoms with Gasteiger partial charge in [0.2, 0.25) is 5.16 Å². The number of ether oxygens (including phenoxy) is 2. The SMILES string of the molecule is COC(Cn1nnnc1SCC(C)(O)C(C)C)OC. The minimum absolute atomic E-state index is 0.162. The molecule has 1 atom stereocenters. The van der Waals surface area contributed by atoms with Crippen LogP contribution in [0.3, 0.4) is 0 Å². The van der Waals surface area contributed by atoms with Crippen molar-refractivity contribution in [2.75, 3.05) is 20.0 Å². The maximum Gasteiger partial charge on any atom is 0.209 e. The maximum atomic E-state index is 10.2. The van der Waals surface area contributed by atoms with Crippen LogP contribution in [0.4, 0.5) is 0 Å². The van der Waals surface area contributed by atoms with Crippen molar-refractivity contribution in [1.82, 2.24) is 20.2 Å². The van der Waals surface area contributed by atoms with E-state index >= 15 is 0 Å². The van der Waals surface area contributed by atoms with Crippen molar-refractivity contribution in [2.24, 2.45) is 5.92 Å². The van der Waals surface area contributed by atoms with Gasteiger partial charge >= 0.3 is 0 Å². The molecule has 0 amide bonds. The van der Waals surface area contributed by atoms with Gasteiger partial charge < -0.3 is 14.6 Å². The smallest absolute Gasteiger partial charge is 0.209 e. The number of hydrogen-bond acceptors (Lipinski definition) is 7. The van der Waals surface area contributed by atoms with E-state index in [0.717, 1.165) is 0 Å². The topological polar surface area (TPSA) is 82.3 Å². The molecule has 1 unspecified atom stereocenters. The molecule has 0 aliphatic heterocycles. The van der Waals surface area contributed by atoms with Crippen LogP contribution in [0.1, 0.15) is 20.8 Å². The highest BCUT2D eigenvalue weighted by molar-refractivity contribution is 7.99.